The van der Waals surface area contributed by atoms with Crippen molar-refractivity contribution in [1.82, 2.24) is 0 Å². The lowest BCUT2D eigenvalue weighted by Gasteiger charge is -2.44. The average molecular weight is 251 g/mol. The molecule has 0 aromatic heterocycles. The maximum absolute atomic E-state index is 9.55. The van der Waals surface area contributed by atoms with E-state index in [1.807, 2.05) is 19.9 Å². The van der Waals surface area contributed by atoms with Crippen molar-refractivity contribution < 1.29 is 14.6 Å². The lowest BCUT2D eigenvalue weighted by molar-refractivity contribution is -0.150. The first-order valence-corrected chi connectivity index (χ1v) is 6.13. The SMILES string of the molecule is COc1cc(C)c(C)cc1C(N)C1(CO)COC1. The molecule has 0 saturated carbocycles. The highest BCUT2D eigenvalue weighted by atomic mass is 16.5. The third-order valence-corrected chi connectivity index (χ3v) is 3.93. The number of hydrogen-bond acceptors (Lipinski definition) is 4. The van der Waals surface area contributed by atoms with Crippen molar-refractivity contribution in [1.29, 1.82) is 0 Å². The molecule has 3 N–H and O–H groups in total. The van der Waals surface area contributed by atoms with Crippen molar-refractivity contribution in [3.8, 4) is 5.75 Å². The van der Waals surface area contributed by atoms with E-state index in [2.05, 4.69) is 6.07 Å². The molecule has 0 aliphatic carbocycles. The van der Waals surface area contributed by atoms with Crippen molar-refractivity contribution in [3.63, 3.8) is 0 Å². The van der Waals surface area contributed by atoms with E-state index in [1.54, 1.807) is 7.11 Å². The molecule has 1 aliphatic heterocycles. The second-order valence-corrected chi connectivity index (χ2v) is 5.17. The van der Waals surface area contributed by atoms with E-state index in [4.69, 9.17) is 15.2 Å². The zero-order chi connectivity index (χ0) is 13.3. The lowest BCUT2D eigenvalue weighted by atomic mass is 9.75. The van der Waals surface area contributed by atoms with Gasteiger partial charge in [-0.05, 0) is 31.0 Å². The van der Waals surface area contributed by atoms with Crippen LogP contribution in [-0.2, 0) is 4.74 Å². The van der Waals surface area contributed by atoms with Crippen LogP contribution in [0.4, 0.5) is 0 Å². The summed E-state index contributed by atoms with van der Waals surface area (Å²) in [5.74, 6) is 0.783. The average Bonchev–Trinajstić information content (AvgIpc) is 2.31. The zero-order valence-corrected chi connectivity index (χ0v) is 11.2. The normalized spacial score (nSPS) is 19.2. The van der Waals surface area contributed by atoms with Gasteiger partial charge in [-0.1, -0.05) is 6.07 Å². The molecule has 18 heavy (non-hydrogen) atoms. The van der Waals surface area contributed by atoms with Crippen LogP contribution in [0.15, 0.2) is 12.1 Å². The van der Waals surface area contributed by atoms with Gasteiger partial charge in [0.1, 0.15) is 5.75 Å². The highest BCUT2D eigenvalue weighted by Crippen LogP contribution is 2.42. The summed E-state index contributed by atoms with van der Waals surface area (Å²) in [6, 6.07) is 3.77. The van der Waals surface area contributed by atoms with E-state index in [-0.39, 0.29) is 18.1 Å². The monoisotopic (exact) mass is 251 g/mol. The number of hydrogen-bond donors (Lipinski definition) is 2. The molecule has 1 heterocycles. The highest BCUT2D eigenvalue weighted by Gasteiger charge is 2.45. The molecule has 4 nitrogen and oxygen atoms in total. The van der Waals surface area contributed by atoms with Gasteiger partial charge in [-0.15, -0.1) is 0 Å². The van der Waals surface area contributed by atoms with Gasteiger partial charge in [0.2, 0.25) is 0 Å². The molecule has 0 spiro atoms. The number of nitrogens with two attached hydrogens (primary N) is 1. The van der Waals surface area contributed by atoms with Gasteiger partial charge in [0.15, 0.2) is 0 Å². The quantitative estimate of drug-likeness (QED) is 0.847. The molecule has 1 atom stereocenters. The Kier molecular flexibility index (Phi) is 3.61. The van der Waals surface area contributed by atoms with Crippen molar-refractivity contribution in [2.75, 3.05) is 26.9 Å². The second kappa shape index (κ2) is 4.88. The predicted molar refractivity (Wildman–Crippen MR) is 69.7 cm³/mol. The number of benzene rings is 1. The maximum Gasteiger partial charge on any atom is 0.123 e. The molecule has 0 amide bonds. The Hall–Kier alpha value is -1.10. The van der Waals surface area contributed by atoms with Crippen LogP contribution in [0.3, 0.4) is 0 Å². The molecule has 1 fully saturated rings. The third-order valence-electron chi connectivity index (χ3n) is 3.93. The van der Waals surface area contributed by atoms with Crippen LogP contribution in [0, 0.1) is 19.3 Å². The van der Waals surface area contributed by atoms with Crippen LogP contribution in [0.25, 0.3) is 0 Å². The summed E-state index contributed by atoms with van der Waals surface area (Å²) in [5, 5.41) is 9.55. The Labute approximate surface area is 108 Å². The molecule has 100 valence electrons. The largest absolute Gasteiger partial charge is 0.496 e. The summed E-state index contributed by atoms with van der Waals surface area (Å²) >= 11 is 0. The smallest absolute Gasteiger partial charge is 0.123 e. The first-order valence-electron chi connectivity index (χ1n) is 6.13. The molecule has 1 aromatic carbocycles. The number of aliphatic hydroxyl groups is 1. The summed E-state index contributed by atoms with van der Waals surface area (Å²) in [7, 11) is 1.64. The molecule has 0 radical (unpaired) electrons. The number of methoxy groups -OCH3 is 1. The molecular formula is C14H21NO3. The fourth-order valence-electron chi connectivity index (χ4n) is 2.30. The number of aliphatic hydroxyl groups excluding tert-OH is 1. The van der Waals surface area contributed by atoms with Crippen LogP contribution in [0.5, 0.6) is 5.75 Å². The first-order chi connectivity index (χ1) is 8.54. The summed E-state index contributed by atoms with van der Waals surface area (Å²) in [5.41, 5.74) is 9.25. The standard InChI is InChI=1S/C14H21NO3/c1-9-4-11(12(17-3)5-10(9)2)13(15)14(6-16)7-18-8-14/h4-5,13,16H,6-8,15H2,1-3H3. The summed E-state index contributed by atoms with van der Waals surface area (Å²) in [4.78, 5) is 0. The molecular weight excluding hydrogens is 230 g/mol. The minimum absolute atomic E-state index is 0.0320. The van der Waals surface area contributed by atoms with Gasteiger partial charge in [-0.3, -0.25) is 0 Å². The Bertz CT molecular complexity index is 435. The summed E-state index contributed by atoms with van der Waals surface area (Å²) in [6.07, 6.45) is 0. The Morgan fingerprint density at radius 3 is 2.44 bits per heavy atom. The first kappa shape index (κ1) is 13.3. The Morgan fingerprint density at radius 2 is 2.00 bits per heavy atom. The minimum atomic E-state index is -0.366. The molecule has 1 saturated heterocycles. The predicted octanol–water partition coefficient (Wildman–Crippen LogP) is 1.32. The van der Waals surface area contributed by atoms with E-state index in [9.17, 15) is 5.11 Å². The van der Waals surface area contributed by atoms with Crippen molar-refractivity contribution in [3.05, 3.63) is 28.8 Å². The lowest BCUT2D eigenvalue weighted by Crippen LogP contribution is -2.52. The summed E-state index contributed by atoms with van der Waals surface area (Å²) in [6.45, 7) is 5.13. The Balaban J connectivity index is 2.40. The molecule has 0 bridgehead atoms. The van der Waals surface area contributed by atoms with E-state index >= 15 is 0 Å². The molecule has 1 unspecified atom stereocenters. The molecule has 1 aliphatic rings. The minimum Gasteiger partial charge on any atom is -0.496 e. The number of aryl methyl sites for hydroxylation is 2. The van der Waals surface area contributed by atoms with Crippen LogP contribution in [-0.4, -0.2) is 32.0 Å². The maximum atomic E-state index is 9.55. The molecule has 2 rings (SSSR count). The van der Waals surface area contributed by atoms with Crippen molar-refractivity contribution in [2.24, 2.45) is 11.1 Å². The number of ether oxygens (including phenoxy) is 2. The van der Waals surface area contributed by atoms with Crippen molar-refractivity contribution >= 4 is 0 Å². The fraction of sp³-hybridized carbons (Fsp3) is 0.571. The van der Waals surface area contributed by atoms with E-state index < -0.39 is 0 Å². The van der Waals surface area contributed by atoms with Gasteiger partial charge in [0.05, 0.1) is 32.3 Å². The van der Waals surface area contributed by atoms with Crippen LogP contribution < -0.4 is 10.5 Å². The molecule has 4 heteroatoms. The van der Waals surface area contributed by atoms with Crippen LogP contribution in [0.1, 0.15) is 22.7 Å². The zero-order valence-electron chi connectivity index (χ0n) is 11.2. The van der Waals surface area contributed by atoms with Gasteiger partial charge in [0, 0.05) is 11.6 Å². The van der Waals surface area contributed by atoms with E-state index in [0.717, 1.165) is 11.3 Å². The van der Waals surface area contributed by atoms with Crippen LogP contribution in [0.2, 0.25) is 0 Å². The van der Waals surface area contributed by atoms with E-state index in [0.29, 0.717) is 13.2 Å². The fourth-order valence-corrected chi connectivity index (χ4v) is 2.30. The van der Waals surface area contributed by atoms with Gasteiger partial charge >= 0.3 is 0 Å². The number of rotatable bonds is 4. The highest BCUT2D eigenvalue weighted by molar-refractivity contribution is 5.44. The Morgan fingerprint density at radius 1 is 1.39 bits per heavy atom. The topological polar surface area (TPSA) is 64.7 Å². The summed E-state index contributed by atoms with van der Waals surface area (Å²) < 4.78 is 10.6. The van der Waals surface area contributed by atoms with Gasteiger partial charge in [-0.2, -0.15) is 0 Å². The van der Waals surface area contributed by atoms with Crippen LogP contribution >= 0.6 is 0 Å². The second-order valence-electron chi connectivity index (χ2n) is 5.17. The third kappa shape index (κ3) is 2.00. The van der Waals surface area contributed by atoms with Gasteiger partial charge in [0.25, 0.3) is 0 Å². The van der Waals surface area contributed by atoms with E-state index in [1.165, 1.54) is 11.1 Å². The van der Waals surface area contributed by atoms with Crippen molar-refractivity contribution in [2.45, 2.75) is 19.9 Å². The molecule has 1 aromatic rings. The van der Waals surface area contributed by atoms with Gasteiger partial charge < -0.3 is 20.3 Å². The van der Waals surface area contributed by atoms with Gasteiger partial charge in [-0.25, -0.2) is 0 Å².